The zero-order valence-corrected chi connectivity index (χ0v) is 10.9. The van der Waals surface area contributed by atoms with Crippen molar-refractivity contribution in [1.82, 2.24) is 4.98 Å². The van der Waals surface area contributed by atoms with Gasteiger partial charge in [-0.05, 0) is 18.6 Å². The van der Waals surface area contributed by atoms with Crippen LogP contribution in [0.15, 0.2) is 36.5 Å². The van der Waals surface area contributed by atoms with E-state index in [9.17, 15) is 10.1 Å². The smallest absolute Gasteiger partial charge is 0.287 e. The molecule has 2 aromatic rings. The SMILES string of the molecule is Cc1cc([N+](=O)[O-])cnc1NC1COc2ccccc21. The third-order valence-corrected chi connectivity index (χ3v) is 3.29. The van der Waals surface area contributed by atoms with Crippen molar-refractivity contribution in [2.45, 2.75) is 13.0 Å². The van der Waals surface area contributed by atoms with Gasteiger partial charge in [-0.2, -0.15) is 0 Å². The van der Waals surface area contributed by atoms with E-state index in [4.69, 9.17) is 4.74 Å². The van der Waals surface area contributed by atoms with Gasteiger partial charge in [0.1, 0.15) is 24.4 Å². The molecular formula is C14H13N3O3. The van der Waals surface area contributed by atoms with Crippen LogP contribution in [0.1, 0.15) is 17.2 Å². The molecule has 20 heavy (non-hydrogen) atoms. The fourth-order valence-corrected chi connectivity index (χ4v) is 2.26. The molecule has 0 aliphatic carbocycles. The van der Waals surface area contributed by atoms with Gasteiger partial charge in [0.2, 0.25) is 0 Å². The molecule has 1 unspecified atom stereocenters. The van der Waals surface area contributed by atoms with E-state index in [-0.39, 0.29) is 11.7 Å². The minimum absolute atomic E-state index is 0.00359. The molecular weight excluding hydrogens is 258 g/mol. The second-order valence-corrected chi connectivity index (χ2v) is 4.66. The van der Waals surface area contributed by atoms with Crippen LogP contribution in [-0.2, 0) is 0 Å². The van der Waals surface area contributed by atoms with Crippen molar-refractivity contribution < 1.29 is 9.66 Å². The fraction of sp³-hybridized carbons (Fsp3) is 0.214. The molecule has 2 heterocycles. The number of ether oxygens (including phenoxy) is 1. The van der Waals surface area contributed by atoms with Crippen LogP contribution in [0.4, 0.5) is 11.5 Å². The molecule has 1 aliphatic rings. The predicted molar refractivity (Wildman–Crippen MR) is 73.9 cm³/mol. The number of aromatic nitrogens is 1. The number of para-hydroxylation sites is 1. The number of fused-ring (bicyclic) bond motifs is 1. The van der Waals surface area contributed by atoms with Gasteiger partial charge in [-0.1, -0.05) is 18.2 Å². The molecule has 1 aromatic carbocycles. The number of nitrogens with one attached hydrogen (secondary N) is 1. The summed E-state index contributed by atoms with van der Waals surface area (Å²) in [6.45, 7) is 2.32. The topological polar surface area (TPSA) is 77.3 Å². The second kappa shape index (κ2) is 4.80. The Bertz CT molecular complexity index is 672. The molecule has 6 nitrogen and oxygen atoms in total. The summed E-state index contributed by atoms with van der Waals surface area (Å²) in [7, 11) is 0. The molecule has 1 N–H and O–H groups in total. The van der Waals surface area contributed by atoms with E-state index in [0.29, 0.717) is 12.4 Å². The first-order valence-corrected chi connectivity index (χ1v) is 6.24. The van der Waals surface area contributed by atoms with Gasteiger partial charge in [0.25, 0.3) is 5.69 Å². The number of benzene rings is 1. The molecule has 1 aromatic heterocycles. The highest BCUT2D eigenvalue weighted by Crippen LogP contribution is 2.34. The van der Waals surface area contributed by atoms with Crippen molar-refractivity contribution in [3.05, 3.63) is 57.8 Å². The van der Waals surface area contributed by atoms with E-state index in [1.807, 2.05) is 24.3 Å². The number of nitrogens with zero attached hydrogens (tertiary/aromatic N) is 2. The molecule has 0 amide bonds. The summed E-state index contributed by atoms with van der Waals surface area (Å²) in [6.07, 6.45) is 1.26. The maximum atomic E-state index is 10.7. The molecule has 1 aliphatic heterocycles. The molecule has 0 spiro atoms. The van der Waals surface area contributed by atoms with E-state index in [1.165, 1.54) is 12.3 Å². The third kappa shape index (κ3) is 2.16. The van der Waals surface area contributed by atoms with Crippen LogP contribution < -0.4 is 10.1 Å². The Morgan fingerprint density at radius 1 is 1.45 bits per heavy atom. The number of nitro groups is 1. The van der Waals surface area contributed by atoms with Crippen molar-refractivity contribution in [3.63, 3.8) is 0 Å². The van der Waals surface area contributed by atoms with E-state index in [2.05, 4.69) is 10.3 Å². The number of hydrogen-bond acceptors (Lipinski definition) is 5. The molecule has 0 saturated carbocycles. The van der Waals surface area contributed by atoms with Gasteiger partial charge < -0.3 is 10.1 Å². The Morgan fingerprint density at radius 3 is 3.00 bits per heavy atom. The number of hydrogen-bond donors (Lipinski definition) is 1. The van der Waals surface area contributed by atoms with Gasteiger partial charge in [-0.15, -0.1) is 0 Å². The molecule has 1 atom stereocenters. The van der Waals surface area contributed by atoms with Crippen LogP contribution in [0.2, 0.25) is 0 Å². The molecule has 0 bridgehead atoms. The first-order chi connectivity index (χ1) is 9.65. The van der Waals surface area contributed by atoms with Gasteiger partial charge in [0.05, 0.1) is 11.0 Å². The van der Waals surface area contributed by atoms with Crippen LogP contribution in [0, 0.1) is 17.0 Å². The van der Waals surface area contributed by atoms with Crippen LogP contribution >= 0.6 is 0 Å². The van der Waals surface area contributed by atoms with Gasteiger partial charge >= 0.3 is 0 Å². The van der Waals surface area contributed by atoms with E-state index < -0.39 is 4.92 Å². The molecule has 3 rings (SSSR count). The number of pyridine rings is 1. The summed E-state index contributed by atoms with van der Waals surface area (Å²) >= 11 is 0. The van der Waals surface area contributed by atoms with Gasteiger partial charge in [-0.25, -0.2) is 4.98 Å². The quantitative estimate of drug-likeness (QED) is 0.686. The van der Waals surface area contributed by atoms with Gasteiger partial charge in [0.15, 0.2) is 0 Å². The first-order valence-electron chi connectivity index (χ1n) is 6.24. The highest BCUT2D eigenvalue weighted by atomic mass is 16.6. The highest BCUT2D eigenvalue weighted by molar-refractivity contribution is 5.52. The largest absolute Gasteiger partial charge is 0.491 e. The number of rotatable bonds is 3. The molecule has 102 valence electrons. The van der Waals surface area contributed by atoms with Crippen LogP contribution in [0.25, 0.3) is 0 Å². The zero-order chi connectivity index (χ0) is 14.1. The molecule has 0 radical (unpaired) electrons. The lowest BCUT2D eigenvalue weighted by Gasteiger charge is -2.14. The summed E-state index contributed by atoms with van der Waals surface area (Å²) < 4.78 is 5.59. The lowest BCUT2D eigenvalue weighted by atomic mass is 10.1. The first kappa shape index (κ1) is 12.4. The Morgan fingerprint density at radius 2 is 2.25 bits per heavy atom. The minimum Gasteiger partial charge on any atom is -0.491 e. The Kier molecular flexibility index (Phi) is 2.98. The summed E-state index contributed by atoms with van der Waals surface area (Å²) in [5.41, 5.74) is 1.81. The standard InChI is InChI=1S/C14H13N3O3/c1-9-6-10(17(18)19)7-15-14(9)16-12-8-20-13-5-3-2-4-11(12)13/h2-7,12H,8H2,1H3,(H,15,16). The fourth-order valence-electron chi connectivity index (χ4n) is 2.26. The Balaban J connectivity index is 1.84. The average molecular weight is 271 g/mol. The van der Waals surface area contributed by atoms with Crippen molar-refractivity contribution in [1.29, 1.82) is 0 Å². The van der Waals surface area contributed by atoms with Crippen molar-refractivity contribution in [2.24, 2.45) is 0 Å². The molecule has 0 saturated heterocycles. The van der Waals surface area contributed by atoms with Crippen molar-refractivity contribution in [2.75, 3.05) is 11.9 Å². The normalized spacial score (nSPS) is 16.4. The van der Waals surface area contributed by atoms with Gasteiger partial charge in [-0.3, -0.25) is 10.1 Å². The maximum Gasteiger partial charge on any atom is 0.287 e. The number of aryl methyl sites for hydroxylation is 1. The van der Waals surface area contributed by atoms with Gasteiger partial charge in [0, 0.05) is 11.6 Å². The highest BCUT2D eigenvalue weighted by Gasteiger charge is 2.24. The second-order valence-electron chi connectivity index (χ2n) is 4.66. The lowest BCUT2D eigenvalue weighted by molar-refractivity contribution is -0.385. The number of anilines is 1. The van der Waals surface area contributed by atoms with Crippen LogP contribution in [0.5, 0.6) is 5.75 Å². The molecule has 6 heteroatoms. The lowest BCUT2D eigenvalue weighted by Crippen LogP contribution is -2.13. The minimum atomic E-state index is -0.447. The average Bonchev–Trinajstić information content (AvgIpc) is 2.84. The predicted octanol–water partition coefficient (Wildman–Crippen LogP) is 2.84. The van der Waals surface area contributed by atoms with Crippen LogP contribution in [0.3, 0.4) is 0 Å². The summed E-state index contributed by atoms with van der Waals surface area (Å²) in [6, 6.07) is 9.33. The summed E-state index contributed by atoms with van der Waals surface area (Å²) in [5.74, 6) is 1.51. The summed E-state index contributed by atoms with van der Waals surface area (Å²) in [4.78, 5) is 14.4. The van der Waals surface area contributed by atoms with Crippen LogP contribution in [-0.4, -0.2) is 16.5 Å². The Labute approximate surface area is 115 Å². The Hall–Kier alpha value is -2.63. The zero-order valence-electron chi connectivity index (χ0n) is 10.9. The maximum absolute atomic E-state index is 10.7. The van der Waals surface area contributed by atoms with E-state index >= 15 is 0 Å². The van der Waals surface area contributed by atoms with E-state index in [0.717, 1.165) is 16.9 Å². The van der Waals surface area contributed by atoms with E-state index in [1.54, 1.807) is 6.92 Å². The molecule has 0 fully saturated rings. The van der Waals surface area contributed by atoms with Crippen molar-refractivity contribution in [3.8, 4) is 5.75 Å². The summed E-state index contributed by atoms with van der Waals surface area (Å²) in [5, 5.41) is 14.0. The monoisotopic (exact) mass is 271 g/mol. The van der Waals surface area contributed by atoms with Crippen molar-refractivity contribution >= 4 is 11.5 Å². The third-order valence-electron chi connectivity index (χ3n) is 3.29.